The summed E-state index contributed by atoms with van der Waals surface area (Å²) < 4.78 is 13.6. The summed E-state index contributed by atoms with van der Waals surface area (Å²) in [5.74, 6) is 0.737. The fraction of sp³-hybridized carbons (Fsp3) is 0.636. The van der Waals surface area contributed by atoms with Crippen LogP contribution in [-0.4, -0.2) is 50.5 Å². The third-order valence-electron chi connectivity index (χ3n) is 6.19. The molecule has 0 saturated heterocycles. The van der Waals surface area contributed by atoms with Gasteiger partial charge in [0.15, 0.2) is 5.96 Å². The van der Waals surface area contributed by atoms with Crippen molar-refractivity contribution in [1.82, 2.24) is 15.5 Å². The number of rotatable bonds is 7. The average molecular weight is 516 g/mol. The van der Waals surface area contributed by atoms with Crippen molar-refractivity contribution >= 4 is 35.8 Å². The van der Waals surface area contributed by atoms with E-state index in [2.05, 4.69) is 10.6 Å². The molecule has 29 heavy (non-hydrogen) atoms. The zero-order valence-electron chi connectivity index (χ0n) is 17.8. The second-order valence-electron chi connectivity index (χ2n) is 8.53. The molecule has 1 aromatic carbocycles. The van der Waals surface area contributed by atoms with E-state index in [-0.39, 0.29) is 46.5 Å². The van der Waals surface area contributed by atoms with Crippen LogP contribution in [0.1, 0.15) is 51.0 Å². The van der Waals surface area contributed by atoms with E-state index in [1.54, 1.807) is 17.0 Å². The molecule has 2 aliphatic rings. The molecular formula is C22H34FIN4O. The molecule has 2 N–H and O–H groups in total. The summed E-state index contributed by atoms with van der Waals surface area (Å²) in [7, 11) is 3.65. The monoisotopic (exact) mass is 516 g/mol. The molecule has 0 aliphatic heterocycles. The van der Waals surface area contributed by atoms with Crippen LogP contribution in [0.2, 0.25) is 0 Å². The second-order valence-corrected chi connectivity index (χ2v) is 8.53. The minimum atomic E-state index is -0.369. The maximum absolute atomic E-state index is 13.6. The molecule has 0 bridgehead atoms. The van der Waals surface area contributed by atoms with Crippen LogP contribution in [0, 0.1) is 11.2 Å². The number of nitrogens with one attached hydrogen (secondary N) is 2. The van der Waals surface area contributed by atoms with Gasteiger partial charge in [0, 0.05) is 32.6 Å². The smallest absolute Gasteiger partial charge is 0.230 e. The van der Waals surface area contributed by atoms with Crippen LogP contribution in [-0.2, 0) is 10.2 Å². The predicted octanol–water partition coefficient (Wildman–Crippen LogP) is 3.68. The molecule has 0 unspecified atom stereocenters. The van der Waals surface area contributed by atoms with Crippen LogP contribution in [0.3, 0.4) is 0 Å². The normalized spacial score (nSPS) is 19.2. The van der Waals surface area contributed by atoms with Gasteiger partial charge in [0.2, 0.25) is 5.91 Å². The quantitative estimate of drug-likeness (QED) is 0.331. The van der Waals surface area contributed by atoms with Crippen LogP contribution in [0.15, 0.2) is 29.3 Å². The lowest BCUT2D eigenvalue weighted by Gasteiger charge is -2.29. The Labute approximate surface area is 190 Å². The van der Waals surface area contributed by atoms with Gasteiger partial charge in [-0.25, -0.2) is 4.39 Å². The first-order valence-electron chi connectivity index (χ1n) is 10.4. The molecule has 0 radical (unpaired) electrons. The zero-order chi connectivity index (χ0) is 20.2. The number of amides is 1. The standard InChI is InChI=1S/C22H33FN4O.HI/c1-4-24-20(26-16-22(10-5-6-11-22)19(28)27(2)3)25-15-21(12-13-21)17-8-7-9-18(23)14-17;/h7-9,14H,4-6,10-13,15-16H2,1-3H3,(H2,24,25,26);1H. The van der Waals surface area contributed by atoms with E-state index in [0.29, 0.717) is 6.54 Å². The van der Waals surface area contributed by atoms with E-state index in [0.717, 1.165) is 63.1 Å². The number of aliphatic imine (C=N–C) groups is 1. The van der Waals surface area contributed by atoms with Crippen molar-refractivity contribution < 1.29 is 9.18 Å². The largest absolute Gasteiger partial charge is 0.357 e. The fourth-order valence-corrected chi connectivity index (χ4v) is 4.33. The summed E-state index contributed by atoms with van der Waals surface area (Å²) in [6.07, 6.45) is 6.07. The number of hydrogen-bond donors (Lipinski definition) is 2. The van der Waals surface area contributed by atoms with Gasteiger partial charge in [-0.3, -0.25) is 9.79 Å². The van der Waals surface area contributed by atoms with Gasteiger partial charge in [0.25, 0.3) is 0 Å². The molecule has 0 heterocycles. The molecule has 7 heteroatoms. The first-order valence-corrected chi connectivity index (χ1v) is 10.4. The Morgan fingerprint density at radius 2 is 1.86 bits per heavy atom. The Kier molecular flexibility index (Phi) is 8.31. The number of nitrogens with zero attached hydrogens (tertiary/aromatic N) is 2. The molecule has 2 aliphatic carbocycles. The molecule has 0 atom stereocenters. The Morgan fingerprint density at radius 3 is 2.41 bits per heavy atom. The van der Waals surface area contributed by atoms with E-state index in [1.807, 2.05) is 27.1 Å². The van der Waals surface area contributed by atoms with Crippen molar-refractivity contribution in [2.24, 2.45) is 10.4 Å². The molecule has 1 aromatic rings. The minimum absolute atomic E-state index is 0. The van der Waals surface area contributed by atoms with Crippen LogP contribution in [0.4, 0.5) is 4.39 Å². The highest BCUT2D eigenvalue weighted by molar-refractivity contribution is 14.0. The van der Waals surface area contributed by atoms with Crippen LogP contribution in [0.25, 0.3) is 0 Å². The third-order valence-corrected chi connectivity index (χ3v) is 6.19. The molecular weight excluding hydrogens is 482 g/mol. The number of benzene rings is 1. The Balaban J connectivity index is 0.00000300. The summed E-state index contributed by atoms with van der Waals surface area (Å²) in [5.41, 5.74) is 0.667. The molecule has 0 spiro atoms. The van der Waals surface area contributed by atoms with Crippen molar-refractivity contribution in [3.8, 4) is 0 Å². The van der Waals surface area contributed by atoms with Gasteiger partial charge in [-0.2, -0.15) is 0 Å². The van der Waals surface area contributed by atoms with Gasteiger partial charge in [-0.1, -0.05) is 25.0 Å². The van der Waals surface area contributed by atoms with Crippen LogP contribution in [0.5, 0.6) is 0 Å². The maximum atomic E-state index is 13.6. The summed E-state index contributed by atoms with van der Waals surface area (Å²) in [6, 6.07) is 6.91. The summed E-state index contributed by atoms with van der Waals surface area (Å²) >= 11 is 0. The number of guanidine groups is 1. The third kappa shape index (κ3) is 5.61. The molecule has 2 fully saturated rings. The first-order chi connectivity index (χ1) is 13.4. The molecule has 1 amide bonds. The summed E-state index contributed by atoms with van der Waals surface area (Å²) in [4.78, 5) is 19.2. The Bertz CT molecular complexity index is 727. The lowest BCUT2D eigenvalue weighted by atomic mass is 9.85. The molecule has 5 nitrogen and oxygen atoms in total. The topological polar surface area (TPSA) is 56.7 Å². The Hall–Kier alpha value is -1.38. The van der Waals surface area contributed by atoms with E-state index in [9.17, 15) is 9.18 Å². The van der Waals surface area contributed by atoms with Gasteiger partial charge in [-0.05, 0) is 50.3 Å². The summed E-state index contributed by atoms with van der Waals surface area (Å²) in [6.45, 7) is 4.02. The number of carbonyl (C=O) groups is 1. The predicted molar refractivity (Wildman–Crippen MR) is 126 cm³/mol. The first kappa shape index (κ1) is 23.9. The zero-order valence-corrected chi connectivity index (χ0v) is 20.1. The van der Waals surface area contributed by atoms with Gasteiger partial charge in [0.05, 0.1) is 12.0 Å². The van der Waals surface area contributed by atoms with E-state index in [1.165, 1.54) is 6.07 Å². The maximum Gasteiger partial charge on any atom is 0.230 e. The van der Waals surface area contributed by atoms with Crippen molar-refractivity contribution in [2.75, 3.05) is 33.7 Å². The lowest BCUT2D eigenvalue weighted by Crippen LogP contribution is -2.44. The number of halogens is 2. The SMILES string of the molecule is CCNC(=NCC1(C(=O)N(C)C)CCCC1)NCC1(c2cccc(F)c2)CC1.I. The van der Waals surface area contributed by atoms with Crippen molar-refractivity contribution in [3.05, 3.63) is 35.6 Å². The highest BCUT2D eigenvalue weighted by Gasteiger charge is 2.45. The van der Waals surface area contributed by atoms with E-state index >= 15 is 0 Å². The Morgan fingerprint density at radius 1 is 1.17 bits per heavy atom. The van der Waals surface area contributed by atoms with E-state index < -0.39 is 0 Å². The number of carbonyl (C=O) groups excluding carboxylic acids is 1. The van der Waals surface area contributed by atoms with E-state index in [4.69, 9.17) is 4.99 Å². The van der Waals surface area contributed by atoms with Crippen molar-refractivity contribution in [3.63, 3.8) is 0 Å². The fourth-order valence-electron chi connectivity index (χ4n) is 4.33. The average Bonchev–Trinajstić information content (AvgIpc) is 3.32. The van der Waals surface area contributed by atoms with Gasteiger partial charge in [-0.15, -0.1) is 24.0 Å². The molecule has 0 aromatic heterocycles. The van der Waals surface area contributed by atoms with Crippen molar-refractivity contribution in [1.29, 1.82) is 0 Å². The van der Waals surface area contributed by atoms with Gasteiger partial charge >= 0.3 is 0 Å². The van der Waals surface area contributed by atoms with Gasteiger partial charge in [0.1, 0.15) is 5.82 Å². The lowest BCUT2D eigenvalue weighted by molar-refractivity contribution is -0.138. The highest BCUT2D eigenvalue weighted by atomic mass is 127. The summed E-state index contributed by atoms with van der Waals surface area (Å²) in [5, 5.41) is 6.74. The molecule has 3 rings (SSSR count). The van der Waals surface area contributed by atoms with Crippen molar-refractivity contribution in [2.45, 2.75) is 50.9 Å². The highest BCUT2D eigenvalue weighted by Crippen LogP contribution is 2.47. The van der Waals surface area contributed by atoms with Crippen LogP contribution >= 0.6 is 24.0 Å². The molecule has 162 valence electrons. The molecule has 2 saturated carbocycles. The number of hydrogen-bond acceptors (Lipinski definition) is 2. The second kappa shape index (κ2) is 10.1. The minimum Gasteiger partial charge on any atom is -0.357 e. The van der Waals surface area contributed by atoms with Crippen LogP contribution < -0.4 is 10.6 Å². The van der Waals surface area contributed by atoms with Gasteiger partial charge < -0.3 is 15.5 Å².